The van der Waals surface area contributed by atoms with Gasteiger partial charge in [-0.1, -0.05) is 6.92 Å². The number of aromatic nitrogens is 2. The lowest BCUT2D eigenvalue weighted by atomic mass is 9.92. The number of hydrogen-bond donors (Lipinski definition) is 0. The zero-order chi connectivity index (χ0) is 13.5. The number of nitrogens with zero attached hydrogens (tertiary/aromatic N) is 3. The van der Waals surface area contributed by atoms with Crippen molar-refractivity contribution in [2.24, 2.45) is 5.92 Å². The molecule has 2 rings (SSSR count). The van der Waals surface area contributed by atoms with E-state index < -0.39 is 0 Å². The molecule has 1 aliphatic rings. The van der Waals surface area contributed by atoms with Crippen molar-refractivity contribution < 1.29 is 4.74 Å². The van der Waals surface area contributed by atoms with Crippen molar-refractivity contribution in [1.82, 2.24) is 9.97 Å². The van der Waals surface area contributed by atoms with Crippen molar-refractivity contribution in [1.29, 1.82) is 0 Å². The lowest BCUT2D eigenvalue weighted by Gasteiger charge is -2.32. The maximum atomic E-state index is 5.11. The highest BCUT2D eigenvalue weighted by Gasteiger charge is 2.20. The maximum Gasteiger partial charge on any atom is 0.225 e. The Balaban J connectivity index is 1.78. The molecule has 0 bridgehead atoms. The number of methoxy groups -OCH3 is 1. The van der Waals surface area contributed by atoms with Crippen molar-refractivity contribution in [3.05, 3.63) is 18.0 Å². The number of anilines is 1. The molecule has 19 heavy (non-hydrogen) atoms. The first kappa shape index (κ1) is 14.3. The minimum Gasteiger partial charge on any atom is -0.385 e. The first-order valence-electron chi connectivity index (χ1n) is 7.38. The first-order chi connectivity index (χ1) is 9.33. The Hall–Kier alpha value is -1.16. The summed E-state index contributed by atoms with van der Waals surface area (Å²) in [5.74, 6) is 1.74. The smallest absolute Gasteiger partial charge is 0.225 e. The monoisotopic (exact) mass is 263 g/mol. The van der Waals surface area contributed by atoms with Crippen LogP contribution in [0.5, 0.6) is 0 Å². The van der Waals surface area contributed by atoms with Crippen LogP contribution in [0.25, 0.3) is 0 Å². The summed E-state index contributed by atoms with van der Waals surface area (Å²) in [5, 5.41) is 0. The Kier molecular flexibility index (Phi) is 5.58. The van der Waals surface area contributed by atoms with Crippen molar-refractivity contribution in [3.63, 3.8) is 0 Å². The van der Waals surface area contributed by atoms with Gasteiger partial charge in [0.1, 0.15) is 0 Å². The Morgan fingerprint density at radius 3 is 2.53 bits per heavy atom. The number of rotatable bonds is 6. The van der Waals surface area contributed by atoms with Crippen LogP contribution in [0, 0.1) is 5.92 Å². The van der Waals surface area contributed by atoms with Crippen LogP contribution >= 0.6 is 0 Å². The van der Waals surface area contributed by atoms with Crippen molar-refractivity contribution in [2.45, 2.75) is 39.0 Å². The van der Waals surface area contributed by atoms with E-state index >= 15 is 0 Å². The van der Waals surface area contributed by atoms with Gasteiger partial charge in [-0.2, -0.15) is 0 Å². The normalized spacial score (nSPS) is 16.8. The highest BCUT2D eigenvalue weighted by molar-refractivity contribution is 5.30. The third-order valence-electron chi connectivity index (χ3n) is 3.96. The van der Waals surface area contributed by atoms with Gasteiger partial charge in [0.25, 0.3) is 0 Å². The van der Waals surface area contributed by atoms with Crippen LogP contribution in [0.2, 0.25) is 0 Å². The van der Waals surface area contributed by atoms with E-state index in [0.717, 1.165) is 38.0 Å². The Morgan fingerprint density at radius 2 is 1.95 bits per heavy atom. The molecule has 1 aromatic heterocycles. The molecule has 0 N–H and O–H groups in total. The summed E-state index contributed by atoms with van der Waals surface area (Å²) in [6.45, 7) is 5.19. The van der Waals surface area contributed by atoms with E-state index in [1.165, 1.54) is 31.2 Å². The zero-order valence-corrected chi connectivity index (χ0v) is 12.1. The van der Waals surface area contributed by atoms with E-state index in [9.17, 15) is 0 Å². The van der Waals surface area contributed by atoms with Gasteiger partial charge in [-0.15, -0.1) is 0 Å². The summed E-state index contributed by atoms with van der Waals surface area (Å²) in [6, 6.07) is 0. The molecule has 0 unspecified atom stereocenters. The quantitative estimate of drug-likeness (QED) is 0.740. The molecule has 106 valence electrons. The molecule has 0 spiro atoms. The molecule has 2 heterocycles. The fraction of sp³-hybridized carbons (Fsp3) is 0.733. The SMILES string of the molecule is CCc1cnc(N2CCC(CCCOC)CC2)nc1. The molecule has 0 radical (unpaired) electrons. The van der Waals surface area contributed by atoms with Gasteiger partial charge < -0.3 is 9.64 Å². The number of aryl methyl sites for hydroxylation is 1. The van der Waals surface area contributed by atoms with E-state index in [4.69, 9.17) is 4.74 Å². The lowest BCUT2D eigenvalue weighted by molar-refractivity contribution is 0.183. The second-order valence-electron chi connectivity index (χ2n) is 5.31. The lowest BCUT2D eigenvalue weighted by Crippen LogP contribution is -2.34. The second kappa shape index (κ2) is 7.43. The van der Waals surface area contributed by atoms with Gasteiger partial charge in [-0.25, -0.2) is 9.97 Å². The Bertz CT molecular complexity index is 358. The van der Waals surface area contributed by atoms with E-state index in [1.54, 1.807) is 7.11 Å². The topological polar surface area (TPSA) is 38.2 Å². The third-order valence-corrected chi connectivity index (χ3v) is 3.96. The van der Waals surface area contributed by atoms with E-state index in [1.807, 2.05) is 12.4 Å². The molecule has 4 heteroatoms. The summed E-state index contributed by atoms with van der Waals surface area (Å²) in [6.07, 6.45) is 9.88. The summed E-state index contributed by atoms with van der Waals surface area (Å²) >= 11 is 0. The number of piperidine rings is 1. The molecule has 0 amide bonds. The van der Waals surface area contributed by atoms with E-state index in [0.29, 0.717) is 0 Å². The molecule has 0 saturated carbocycles. The molecular weight excluding hydrogens is 238 g/mol. The minimum absolute atomic E-state index is 0.848. The van der Waals surface area contributed by atoms with Crippen LogP contribution in [0.1, 0.15) is 38.2 Å². The average molecular weight is 263 g/mol. The molecule has 0 atom stereocenters. The van der Waals surface area contributed by atoms with Gasteiger partial charge in [0.05, 0.1) is 0 Å². The van der Waals surface area contributed by atoms with Gasteiger partial charge in [0.15, 0.2) is 0 Å². The summed E-state index contributed by atoms with van der Waals surface area (Å²) < 4.78 is 5.11. The van der Waals surface area contributed by atoms with Crippen molar-refractivity contribution >= 4 is 5.95 Å². The highest BCUT2D eigenvalue weighted by Crippen LogP contribution is 2.24. The van der Waals surface area contributed by atoms with Crippen LogP contribution in [0.15, 0.2) is 12.4 Å². The third kappa shape index (κ3) is 4.16. The predicted octanol–water partition coefficient (Wildman–Crippen LogP) is 2.68. The molecule has 1 saturated heterocycles. The molecule has 1 aromatic rings. The summed E-state index contributed by atoms with van der Waals surface area (Å²) in [5.41, 5.74) is 1.21. The fourth-order valence-corrected chi connectivity index (χ4v) is 2.63. The summed E-state index contributed by atoms with van der Waals surface area (Å²) in [4.78, 5) is 11.2. The molecule has 4 nitrogen and oxygen atoms in total. The van der Waals surface area contributed by atoms with Gasteiger partial charge in [0, 0.05) is 39.2 Å². The van der Waals surface area contributed by atoms with Crippen LogP contribution in [0.3, 0.4) is 0 Å². The summed E-state index contributed by atoms with van der Waals surface area (Å²) in [7, 11) is 1.78. The van der Waals surface area contributed by atoms with Crippen LogP contribution < -0.4 is 4.90 Å². The predicted molar refractivity (Wildman–Crippen MR) is 77.5 cm³/mol. The molecule has 1 fully saturated rings. The standard InChI is InChI=1S/C15H25N3O/c1-3-13-11-16-15(17-12-13)18-8-6-14(7-9-18)5-4-10-19-2/h11-12,14H,3-10H2,1-2H3. The highest BCUT2D eigenvalue weighted by atomic mass is 16.5. The Morgan fingerprint density at radius 1 is 1.26 bits per heavy atom. The van der Waals surface area contributed by atoms with Crippen LogP contribution in [0.4, 0.5) is 5.95 Å². The number of hydrogen-bond acceptors (Lipinski definition) is 4. The molecule has 1 aliphatic heterocycles. The average Bonchev–Trinajstić information content (AvgIpc) is 2.48. The zero-order valence-electron chi connectivity index (χ0n) is 12.1. The molecule has 0 aromatic carbocycles. The number of ether oxygens (including phenoxy) is 1. The van der Waals surface area contributed by atoms with E-state index in [-0.39, 0.29) is 0 Å². The van der Waals surface area contributed by atoms with Crippen molar-refractivity contribution in [3.8, 4) is 0 Å². The van der Waals surface area contributed by atoms with Crippen LogP contribution in [-0.4, -0.2) is 36.8 Å². The van der Waals surface area contributed by atoms with Gasteiger partial charge in [-0.05, 0) is 43.6 Å². The Labute approximate surface area is 116 Å². The van der Waals surface area contributed by atoms with Crippen molar-refractivity contribution in [2.75, 3.05) is 31.7 Å². The fourth-order valence-electron chi connectivity index (χ4n) is 2.63. The minimum atomic E-state index is 0.848. The molecule has 0 aliphatic carbocycles. The first-order valence-corrected chi connectivity index (χ1v) is 7.38. The van der Waals surface area contributed by atoms with E-state index in [2.05, 4.69) is 21.8 Å². The van der Waals surface area contributed by atoms with Gasteiger partial charge >= 0.3 is 0 Å². The molecular formula is C15H25N3O. The van der Waals surface area contributed by atoms with Gasteiger partial charge in [0.2, 0.25) is 5.95 Å². The maximum absolute atomic E-state index is 5.11. The second-order valence-corrected chi connectivity index (χ2v) is 5.31. The largest absolute Gasteiger partial charge is 0.385 e. The van der Waals surface area contributed by atoms with Crippen LogP contribution in [-0.2, 0) is 11.2 Å². The van der Waals surface area contributed by atoms with Gasteiger partial charge in [-0.3, -0.25) is 0 Å².